The Morgan fingerprint density at radius 3 is 2.32 bits per heavy atom. The van der Waals surface area contributed by atoms with Gasteiger partial charge < -0.3 is 20.5 Å². The minimum atomic E-state index is -0.846. The number of nitrogens with two attached hydrogens (primary N) is 1. The fourth-order valence-corrected chi connectivity index (χ4v) is 4.95. The minimum absolute atomic E-state index is 0. The molecule has 3 N–H and O–H groups in total. The Morgan fingerprint density at radius 2 is 1.79 bits per heavy atom. The average molecular weight is 440 g/mol. The third-order valence-electron chi connectivity index (χ3n) is 7.26. The highest BCUT2D eigenvalue weighted by atomic mass is 35.5. The van der Waals surface area contributed by atoms with Crippen molar-refractivity contribution in [3.63, 3.8) is 0 Å². The molecule has 0 aromatic rings. The average Bonchev–Trinajstić information content (AvgIpc) is 2.67. The second kappa shape index (κ2) is 10.3. The van der Waals surface area contributed by atoms with Gasteiger partial charge in [0.25, 0.3) is 0 Å². The Hall–Kier alpha value is -0.110. The highest BCUT2D eigenvalue weighted by molar-refractivity contribution is 5.88. The molecule has 1 saturated carbocycles. The molecule has 6 nitrogen and oxygen atoms in total. The summed E-state index contributed by atoms with van der Waals surface area (Å²) in [7, 11) is 0. The normalized spacial score (nSPS) is 31.6. The van der Waals surface area contributed by atoms with Crippen molar-refractivity contribution in [3.8, 4) is 0 Å². The number of nitrogens with one attached hydrogen (secondary N) is 1. The number of carbonyl (C=O) groups is 1. The van der Waals surface area contributed by atoms with Crippen LogP contribution < -0.4 is 11.1 Å². The number of rotatable bonds is 6. The van der Waals surface area contributed by atoms with Crippen LogP contribution in [-0.2, 0) is 14.3 Å². The molecule has 3 aliphatic rings. The molecule has 2 aliphatic heterocycles. The van der Waals surface area contributed by atoms with Crippen LogP contribution in [0.25, 0.3) is 0 Å². The molecular weight excluding hydrogens is 401 g/mol. The Morgan fingerprint density at radius 1 is 1.18 bits per heavy atom. The van der Waals surface area contributed by atoms with Crippen LogP contribution in [0.1, 0.15) is 59.3 Å². The first-order chi connectivity index (χ1) is 12.4. The van der Waals surface area contributed by atoms with Crippen molar-refractivity contribution in [3.05, 3.63) is 0 Å². The second-order valence-corrected chi connectivity index (χ2v) is 8.91. The first-order valence-corrected chi connectivity index (χ1v) is 10.4. The van der Waals surface area contributed by atoms with Gasteiger partial charge in [-0.25, -0.2) is 0 Å². The SMILES string of the molecule is CCOC1CC(N)(C(=O)NCC2(N3CCCCC3)CCOCC2)C1(C)C.Cl.Cl. The zero-order chi connectivity index (χ0) is 18.8. The Labute approximate surface area is 182 Å². The lowest BCUT2D eigenvalue weighted by molar-refractivity contribution is -0.171. The van der Waals surface area contributed by atoms with Crippen LogP contribution in [-0.4, -0.2) is 67.4 Å². The molecule has 0 spiro atoms. The van der Waals surface area contributed by atoms with E-state index in [1.54, 1.807) is 0 Å². The van der Waals surface area contributed by atoms with Crippen molar-refractivity contribution in [2.75, 3.05) is 39.5 Å². The summed E-state index contributed by atoms with van der Waals surface area (Å²) in [4.78, 5) is 15.6. The number of nitrogens with zero attached hydrogens (tertiary/aromatic N) is 1. The molecule has 166 valence electrons. The molecule has 1 amide bonds. The summed E-state index contributed by atoms with van der Waals surface area (Å²) in [5.41, 5.74) is 5.39. The van der Waals surface area contributed by atoms with Crippen LogP contribution in [0.15, 0.2) is 0 Å². The van der Waals surface area contributed by atoms with Crippen LogP contribution >= 0.6 is 24.8 Å². The van der Waals surface area contributed by atoms with E-state index in [0.717, 1.165) is 39.1 Å². The van der Waals surface area contributed by atoms with E-state index in [9.17, 15) is 4.79 Å². The number of hydrogen-bond acceptors (Lipinski definition) is 5. The highest BCUT2D eigenvalue weighted by Crippen LogP contribution is 2.50. The van der Waals surface area contributed by atoms with Gasteiger partial charge in [-0.3, -0.25) is 9.69 Å². The lowest BCUT2D eigenvalue weighted by Gasteiger charge is -2.58. The third-order valence-corrected chi connectivity index (χ3v) is 7.26. The van der Waals surface area contributed by atoms with E-state index in [-0.39, 0.29) is 47.8 Å². The maximum atomic E-state index is 13.0. The first-order valence-electron chi connectivity index (χ1n) is 10.4. The lowest BCUT2D eigenvalue weighted by Crippen LogP contribution is -2.76. The van der Waals surface area contributed by atoms with E-state index < -0.39 is 5.54 Å². The van der Waals surface area contributed by atoms with Gasteiger partial charge in [-0.15, -0.1) is 24.8 Å². The summed E-state index contributed by atoms with van der Waals surface area (Å²) in [6, 6.07) is 0. The first kappa shape index (κ1) is 25.9. The van der Waals surface area contributed by atoms with Crippen LogP contribution in [0.3, 0.4) is 0 Å². The van der Waals surface area contributed by atoms with Gasteiger partial charge >= 0.3 is 0 Å². The molecule has 3 fully saturated rings. The van der Waals surface area contributed by atoms with Crippen molar-refractivity contribution in [1.82, 2.24) is 10.2 Å². The topological polar surface area (TPSA) is 76.8 Å². The monoisotopic (exact) mass is 439 g/mol. The van der Waals surface area contributed by atoms with Crippen LogP contribution in [0, 0.1) is 5.41 Å². The smallest absolute Gasteiger partial charge is 0.240 e. The number of halogens is 2. The predicted molar refractivity (Wildman–Crippen MR) is 116 cm³/mol. The van der Waals surface area contributed by atoms with E-state index in [4.69, 9.17) is 15.2 Å². The molecule has 2 saturated heterocycles. The van der Waals surface area contributed by atoms with Crippen molar-refractivity contribution in [2.24, 2.45) is 11.1 Å². The molecule has 0 radical (unpaired) electrons. The van der Waals surface area contributed by atoms with Gasteiger partial charge in [-0.1, -0.05) is 20.3 Å². The highest BCUT2D eigenvalue weighted by Gasteiger charge is 2.63. The molecule has 0 aromatic heterocycles. The Bertz CT molecular complexity index is 509. The van der Waals surface area contributed by atoms with E-state index in [0.29, 0.717) is 19.6 Å². The van der Waals surface area contributed by atoms with Crippen molar-refractivity contribution in [2.45, 2.75) is 76.5 Å². The molecule has 8 heteroatoms. The van der Waals surface area contributed by atoms with Crippen LogP contribution in [0.2, 0.25) is 0 Å². The van der Waals surface area contributed by atoms with Gasteiger partial charge in [0.15, 0.2) is 0 Å². The maximum absolute atomic E-state index is 13.0. The largest absolute Gasteiger partial charge is 0.381 e. The van der Waals surface area contributed by atoms with E-state index >= 15 is 0 Å². The fourth-order valence-electron chi connectivity index (χ4n) is 4.95. The van der Waals surface area contributed by atoms with Crippen molar-refractivity contribution < 1.29 is 14.3 Å². The van der Waals surface area contributed by atoms with E-state index in [2.05, 4.69) is 10.2 Å². The van der Waals surface area contributed by atoms with Gasteiger partial charge in [-0.05, 0) is 45.7 Å². The molecule has 2 heterocycles. The van der Waals surface area contributed by atoms with Gasteiger partial charge in [0.2, 0.25) is 5.91 Å². The minimum Gasteiger partial charge on any atom is -0.381 e. The third kappa shape index (κ3) is 4.62. The molecule has 28 heavy (non-hydrogen) atoms. The van der Waals surface area contributed by atoms with Crippen LogP contribution in [0.4, 0.5) is 0 Å². The van der Waals surface area contributed by atoms with Crippen molar-refractivity contribution in [1.29, 1.82) is 0 Å². The number of amides is 1. The van der Waals surface area contributed by atoms with E-state index in [1.165, 1.54) is 19.3 Å². The van der Waals surface area contributed by atoms with Gasteiger partial charge in [-0.2, -0.15) is 0 Å². The zero-order valence-electron chi connectivity index (χ0n) is 17.6. The molecule has 1 aliphatic carbocycles. The number of ether oxygens (including phenoxy) is 2. The second-order valence-electron chi connectivity index (χ2n) is 8.91. The molecule has 2 atom stereocenters. The number of piperidine rings is 1. The summed E-state index contributed by atoms with van der Waals surface area (Å²) in [6.45, 7) is 11.2. The summed E-state index contributed by atoms with van der Waals surface area (Å²) in [5, 5.41) is 3.23. The number of likely N-dealkylation sites (tertiary alicyclic amines) is 1. The summed E-state index contributed by atoms with van der Waals surface area (Å²) in [5.74, 6) is -0.0265. The quantitative estimate of drug-likeness (QED) is 0.664. The number of carbonyl (C=O) groups excluding carboxylic acids is 1. The Kier molecular flexibility index (Phi) is 9.51. The zero-order valence-corrected chi connectivity index (χ0v) is 19.3. The van der Waals surface area contributed by atoms with Gasteiger partial charge in [0.1, 0.15) is 5.54 Å². The number of hydrogen-bond donors (Lipinski definition) is 2. The molecule has 0 bridgehead atoms. The standard InChI is InChI=1S/C20H37N3O3.2ClH/c1-4-26-16-14-20(21,18(16,2)3)17(24)22-15-19(8-12-25-13-9-19)23-10-6-5-7-11-23;;/h16H,4-15,21H2,1-3H3,(H,22,24);2*1H. The Balaban J connectivity index is 0.00000196. The fraction of sp³-hybridized carbons (Fsp3) is 0.950. The molecule has 0 aromatic carbocycles. The maximum Gasteiger partial charge on any atom is 0.240 e. The summed E-state index contributed by atoms with van der Waals surface area (Å²) in [6.07, 6.45) is 6.43. The van der Waals surface area contributed by atoms with Gasteiger partial charge in [0, 0.05) is 43.7 Å². The molecule has 3 rings (SSSR count). The summed E-state index contributed by atoms with van der Waals surface area (Å²) >= 11 is 0. The molecule has 2 unspecified atom stereocenters. The molecular formula is C20H39Cl2N3O3. The van der Waals surface area contributed by atoms with Gasteiger partial charge in [0.05, 0.1) is 6.10 Å². The van der Waals surface area contributed by atoms with E-state index in [1.807, 2.05) is 20.8 Å². The lowest BCUT2D eigenvalue weighted by atomic mass is 9.54. The van der Waals surface area contributed by atoms with Crippen LogP contribution in [0.5, 0.6) is 0 Å². The van der Waals surface area contributed by atoms with Crippen molar-refractivity contribution >= 4 is 30.7 Å². The predicted octanol–water partition coefficient (Wildman–Crippen LogP) is 2.51. The summed E-state index contributed by atoms with van der Waals surface area (Å²) < 4.78 is 11.4.